The third-order valence-electron chi connectivity index (χ3n) is 8.40. The normalized spacial score (nSPS) is 31.1. The number of amides is 3. The molecular formula is C28H37N3O5. The number of rotatable bonds is 8. The first-order valence-corrected chi connectivity index (χ1v) is 13.2. The van der Waals surface area contributed by atoms with E-state index in [-0.39, 0.29) is 23.8 Å². The number of hydrogen-bond acceptors (Lipinski definition) is 5. The van der Waals surface area contributed by atoms with Crippen molar-refractivity contribution in [1.29, 1.82) is 0 Å². The van der Waals surface area contributed by atoms with Gasteiger partial charge in [0.1, 0.15) is 11.6 Å². The number of likely N-dealkylation sites (tertiary alicyclic amines) is 1. The van der Waals surface area contributed by atoms with Crippen molar-refractivity contribution in [2.45, 2.75) is 76.2 Å². The van der Waals surface area contributed by atoms with Gasteiger partial charge in [-0.2, -0.15) is 0 Å². The van der Waals surface area contributed by atoms with Gasteiger partial charge >= 0.3 is 0 Å². The van der Waals surface area contributed by atoms with Gasteiger partial charge in [0, 0.05) is 32.0 Å². The third-order valence-corrected chi connectivity index (χ3v) is 8.40. The second-order valence-corrected chi connectivity index (χ2v) is 10.7. The summed E-state index contributed by atoms with van der Waals surface area (Å²) in [4.78, 5) is 42.7. The molecule has 3 aliphatic heterocycles. The van der Waals surface area contributed by atoms with Gasteiger partial charge in [-0.3, -0.25) is 14.4 Å². The second kappa shape index (κ2) is 9.98. The van der Waals surface area contributed by atoms with E-state index in [9.17, 15) is 14.4 Å². The topological polar surface area (TPSA) is 97.0 Å². The van der Waals surface area contributed by atoms with Crippen molar-refractivity contribution in [2.75, 3.05) is 25.6 Å². The number of ether oxygens (including phenoxy) is 2. The molecule has 1 saturated carbocycles. The van der Waals surface area contributed by atoms with Crippen LogP contribution in [0.3, 0.4) is 0 Å². The van der Waals surface area contributed by atoms with Gasteiger partial charge in [-0.15, -0.1) is 0 Å². The fourth-order valence-electron chi connectivity index (χ4n) is 6.46. The summed E-state index contributed by atoms with van der Waals surface area (Å²) in [5.74, 6) is -2.05. The van der Waals surface area contributed by atoms with Gasteiger partial charge in [0.25, 0.3) is 0 Å². The number of fused-ring (bicyclic) bond motifs is 1. The van der Waals surface area contributed by atoms with Crippen LogP contribution < -0.4 is 10.6 Å². The van der Waals surface area contributed by atoms with Gasteiger partial charge in [0.2, 0.25) is 17.7 Å². The molecule has 5 rings (SSSR count). The first-order chi connectivity index (χ1) is 17.4. The first kappa shape index (κ1) is 25.0. The number of carbonyl (C=O) groups excluding carboxylic acids is 3. The zero-order chi connectivity index (χ0) is 25.4. The van der Waals surface area contributed by atoms with E-state index in [0.717, 1.165) is 36.8 Å². The molecule has 2 saturated heterocycles. The van der Waals surface area contributed by atoms with Crippen LogP contribution in [0, 0.1) is 25.7 Å². The van der Waals surface area contributed by atoms with E-state index in [4.69, 9.17) is 9.47 Å². The Bertz CT molecular complexity index is 1070. The molecule has 8 nitrogen and oxygen atoms in total. The van der Waals surface area contributed by atoms with Crippen LogP contribution in [0.25, 0.3) is 0 Å². The molecule has 3 fully saturated rings. The number of nitrogens with one attached hydrogen (secondary N) is 2. The maximum absolute atomic E-state index is 13.9. The molecule has 3 amide bonds. The first-order valence-electron chi connectivity index (χ1n) is 13.2. The number of anilines is 1. The molecule has 1 aromatic carbocycles. The number of benzene rings is 1. The van der Waals surface area contributed by atoms with Crippen LogP contribution in [-0.4, -0.2) is 66.7 Å². The highest BCUT2D eigenvalue weighted by Gasteiger charge is 2.72. The Morgan fingerprint density at radius 2 is 1.92 bits per heavy atom. The predicted octanol–water partition coefficient (Wildman–Crippen LogP) is 2.88. The van der Waals surface area contributed by atoms with Crippen LogP contribution in [0.15, 0.2) is 30.4 Å². The molecule has 0 aromatic heterocycles. The van der Waals surface area contributed by atoms with E-state index in [0.29, 0.717) is 25.3 Å². The predicted molar refractivity (Wildman–Crippen MR) is 135 cm³/mol. The van der Waals surface area contributed by atoms with E-state index in [1.54, 1.807) is 12.0 Å². The molecule has 36 heavy (non-hydrogen) atoms. The lowest BCUT2D eigenvalue weighted by molar-refractivity contribution is -0.141. The van der Waals surface area contributed by atoms with E-state index < -0.39 is 29.6 Å². The number of nitrogens with zero attached hydrogens (tertiary/aromatic N) is 1. The maximum atomic E-state index is 13.9. The molecule has 0 radical (unpaired) electrons. The summed E-state index contributed by atoms with van der Waals surface area (Å²) < 4.78 is 11.6. The van der Waals surface area contributed by atoms with Gasteiger partial charge < -0.3 is 25.0 Å². The highest BCUT2D eigenvalue weighted by Crippen LogP contribution is 2.55. The number of methoxy groups -OCH3 is 1. The van der Waals surface area contributed by atoms with Gasteiger partial charge in [-0.1, -0.05) is 37.5 Å². The molecular weight excluding hydrogens is 458 g/mol. The van der Waals surface area contributed by atoms with Crippen molar-refractivity contribution < 1.29 is 23.9 Å². The third kappa shape index (κ3) is 4.24. The maximum Gasteiger partial charge on any atom is 0.246 e. The Morgan fingerprint density at radius 3 is 2.64 bits per heavy atom. The Labute approximate surface area is 212 Å². The largest absolute Gasteiger partial charge is 0.385 e. The Hall–Kier alpha value is -2.71. The Balaban J connectivity index is 1.41. The molecule has 194 valence electrons. The number of carbonyl (C=O) groups is 3. The highest BCUT2D eigenvalue weighted by atomic mass is 16.5. The van der Waals surface area contributed by atoms with Crippen molar-refractivity contribution in [3.8, 4) is 0 Å². The summed E-state index contributed by atoms with van der Waals surface area (Å²) in [6.07, 6.45) is 9.07. The molecule has 5 atom stereocenters. The van der Waals surface area contributed by atoms with Gasteiger partial charge in [0.05, 0.1) is 17.9 Å². The summed E-state index contributed by atoms with van der Waals surface area (Å²) in [5.41, 5.74) is 1.79. The lowest BCUT2D eigenvalue weighted by Crippen LogP contribution is -2.56. The van der Waals surface area contributed by atoms with Crippen LogP contribution in [0.4, 0.5) is 5.69 Å². The summed E-state index contributed by atoms with van der Waals surface area (Å²) >= 11 is 0. The Kier molecular flexibility index (Phi) is 6.92. The monoisotopic (exact) mass is 495 g/mol. The standard InChI is InChI=1S/C28H37N3O5/c1-17-10-11-20(16-18(17)2)30-25(32)22-21-12-13-28(36-21)23(22)27(34)31(14-7-15-35-3)24(28)26(33)29-19-8-5-4-6-9-19/h10-13,16,19,21-24H,4-9,14-15H2,1-3H3,(H,29,33)(H,30,32)/t21-,22-,23-,24-,28+/m1/s1. The highest BCUT2D eigenvalue weighted by molar-refractivity contribution is 6.02. The zero-order valence-electron chi connectivity index (χ0n) is 21.4. The van der Waals surface area contributed by atoms with Gasteiger partial charge in [0.15, 0.2) is 0 Å². The zero-order valence-corrected chi connectivity index (χ0v) is 21.4. The second-order valence-electron chi connectivity index (χ2n) is 10.7. The van der Waals surface area contributed by atoms with E-state index >= 15 is 0 Å². The summed E-state index contributed by atoms with van der Waals surface area (Å²) in [6.45, 7) is 4.87. The van der Waals surface area contributed by atoms with Crippen molar-refractivity contribution in [2.24, 2.45) is 11.8 Å². The van der Waals surface area contributed by atoms with Crippen LogP contribution in [0.1, 0.15) is 49.7 Å². The lowest BCUT2D eigenvalue weighted by Gasteiger charge is -2.34. The molecule has 2 N–H and O–H groups in total. The number of hydrogen-bond donors (Lipinski definition) is 2. The fourth-order valence-corrected chi connectivity index (χ4v) is 6.46. The minimum atomic E-state index is -1.13. The Morgan fingerprint density at radius 1 is 1.14 bits per heavy atom. The van der Waals surface area contributed by atoms with Crippen LogP contribution in [0.5, 0.6) is 0 Å². The molecule has 1 aliphatic carbocycles. The van der Waals surface area contributed by atoms with Crippen molar-refractivity contribution in [3.63, 3.8) is 0 Å². The molecule has 0 unspecified atom stereocenters. The van der Waals surface area contributed by atoms with E-state index in [2.05, 4.69) is 10.6 Å². The van der Waals surface area contributed by atoms with Gasteiger partial charge in [-0.05, 0) is 56.4 Å². The molecule has 8 heteroatoms. The number of aryl methyl sites for hydroxylation is 2. The molecule has 1 aromatic rings. The summed E-state index contributed by atoms with van der Waals surface area (Å²) in [6, 6.07) is 5.08. The summed E-state index contributed by atoms with van der Waals surface area (Å²) in [7, 11) is 1.62. The lowest BCUT2D eigenvalue weighted by atomic mass is 9.74. The fraction of sp³-hybridized carbons (Fsp3) is 0.607. The molecule has 3 heterocycles. The van der Waals surface area contributed by atoms with E-state index in [1.807, 2.05) is 44.2 Å². The van der Waals surface area contributed by atoms with Crippen LogP contribution >= 0.6 is 0 Å². The SMILES string of the molecule is COCCCN1C(=O)[C@H]2[C@H](C(=O)Nc3ccc(C)c(C)c3)[C@H]3C=C[C@@]2(O3)[C@H]1C(=O)NC1CCCCC1. The quantitative estimate of drug-likeness (QED) is 0.427. The summed E-state index contributed by atoms with van der Waals surface area (Å²) in [5, 5.41) is 6.21. The van der Waals surface area contributed by atoms with Crippen LogP contribution in [0.2, 0.25) is 0 Å². The van der Waals surface area contributed by atoms with Crippen molar-refractivity contribution >= 4 is 23.4 Å². The smallest absolute Gasteiger partial charge is 0.246 e. The van der Waals surface area contributed by atoms with Crippen LogP contribution in [-0.2, 0) is 23.9 Å². The van der Waals surface area contributed by atoms with Gasteiger partial charge in [-0.25, -0.2) is 0 Å². The minimum Gasteiger partial charge on any atom is -0.385 e. The van der Waals surface area contributed by atoms with E-state index in [1.165, 1.54) is 6.42 Å². The van der Waals surface area contributed by atoms with Crippen molar-refractivity contribution in [1.82, 2.24) is 10.2 Å². The minimum absolute atomic E-state index is 0.115. The molecule has 4 aliphatic rings. The molecule has 1 spiro atoms. The average molecular weight is 496 g/mol. The van der Waals surface area contributed by atoms with Crippen molar-refractivity contribution in [3.05, 3.63) is 41.5 Å². The molecule has 2 bridgehead atoms. The average Bonchev–Trinajstić information content (AvgIpc) is 3.50.